The molecule has 2 rings (SSSR count). The smallest absolute Gasteiger partial charge is 0.200 e. The van der Waals surface area contributed by atoms with Gasteiger partial charge in [-0.25, -0.2) is 26.3 Å². The van der Waals surface area contributed by atoms with Gasteiger partial charge in [-0.2, -0.15) is 0 Å². The molecule has 20 heavy (non-hydrogen) atoms. The van der Waals surface area contributed by atoms with Crippen molar-refractivity contribution in [2.45, 2.75) is 0 Å². The maximum absolute atomic E-state index is 13.3. The van der Waals surface area contributed by atoms with Gasteiger partial charge in [-0.3, -0.25) is 4.99 Å². The summed E-state index contributed by atoms with van der Waals surface area (Å²) in [7, 11) is 0. The Morgan fingerprint density at radius 1 is 0.650 bits per heavy atom. The van der Waals surface area contributed by atoms with E-state index < -0.39 is 40.5 Å². The third-order valence-electron chi connectivity index (χ3n) is 2.41. The number of benzene rings is 2. The van der Waals surface area contributed by atoms with Crippen LogP contribution in [0.4, 0.5) is 32.0 Å². The molecule has 0 saturated carbocycles. The van der Waals surface area contributed by atoms with Gasteiger partial charge >= 0.3 is 0 Å². The van der Waals surface area contributed by atoms with E-state index in [2.05, 4.69) is 4.99 Å². The molecule has 2 aromatic rings. The first-order valence-electron chi connectivity index (χ1n) is 5.23. The molecule has 0 unspecified atom stereocenters. The van der Waals surface area contributed by atoms with Crippen molar-refractivity contribution < 1.29 is 26.3 Å². The molecule has 7 heteroatoms. The second kappa shape index (κ2) is 5.36. The molecule has 104 valence electrons. The largest absolute Gasteiger partial charge is 0.256 e. The van der Waals surface area contributed by atoms with Crippen LogP contribution in [0.3, 0.4) is 0 Å². The van der Waals surface area contributed by atoms with Crippen molar-refractivity contribution in [1.82, 2.24) is 0 Å². The standard InChI is InChI=1S/C13H5F6N/c14-6-1-3-7(4-2-6)20-5-8-9(15)11(17)13(19)12(18)10(8)16/h1-5H. The van der Waals surface area contributed by atoms with Crippen LogP contribution in [0.5, 0.6) is 0 Å². The van der Waals surface area contributed by atoms with Gasteiger partial charge in [-0.05, 0) is 24.3 Å². The summed E-state index contributed by atoms with van der Waals surface area (Å²) in [5, 5.41) is 0. The average molecular weight is 289 g/mol. The van der Waals surface area contributed by atoms with Gasteiger partial charge in [0, 0.05) is 6.21 Å². The molecule has 1 nitrogen and oxygen atoms in total. The molecular weight excluding hydrogens is 284 g/mol. The fourth-order valence-electron chi connectivity index (χ4n) is 1.40. The van der Waals surface area contributed by atoms with E-state index in [0.717, 1.165) is 12.1 Å². The Morgan fingerprint density at radius 2 is 1.10 bits per heavy atom. The summed E-state index contributed by atoms with van der Waals surface area (Å²) < 4.78 is 77.8. The van der Waals surface area contributed by atoms with E-state index >= 15 is 0 Å². The molecular formula is C13H5F6N. The number of hydrogen-bond acceptors (Lipinski definition) is 1. The van der Waals surface area contributed by atoms with E-state index in [9.17, 15) is 26.3 Å². The molecule has 2 aromatic carbocycles. The molecule has 0 amide bonds. The predicted molar refractivity (Wildman–Crippen MR) is 59.9 cm³/mol. The normalized spacial score (nSPS) is 11.3. The number of aliphatic imine (C=N–C) groups is 1. The summed E-state index contributed by atoms with van der Waals surface area (Å²) >= 11 is 0. The van der Waals surface area contributed by atoms with Gasteiger partial charge in [-0.15, -0.1) is 0 Å². The van der Waals surface area contributed by atoms with E-state index in [1.54, 1.807) is 0 Å². The number of rotatable bonds is 2. The zero-order valence-electron chi connectivity index (χ0n) is 9.60. The van der Waals surface area contributed by atoms with Crippen LogP contribution in [0.25, 0.3) is 0 Å². The van der Waals surface area contributed by atoms with Crippen LogP contribution in [-0.2, 0) is 0 Å². The van der Waals surface area contributed by atoms with Crippen molar-refractivity contribution in [3.63, 3.8) is 0 Å². The molecule has 0 aromatic heterocycles. The number of hydrogen-bond donors (Lipinski definition) is 0. The SMILES string of the molecule is Fc1ccc(N=Cc2c(F)c(F)c(F)c(F)c2F)cc1. The summed E-state index contributed by atoms with van der Waals surface area (Å²) in [5.41, 5.74) is -1.07. The van der Waals surface area contributed by atoms with Crippen LogP contribution in [0, 0.1) is 34.9 Å². The number of nitrogens with zero attached hydrogens (tertiary/aromatic N) is 1. The highest BCUT2D eigenvalue weighted by Crippen LogP contribution is 2.22. The zero-order valence-corrected chi connectivity index (χ0v) is 9.60. The third kappa shape index (κ3) is 2.52. The Kier molecular flexibility index (Phi) is 3.78. The van der Waals surface area contributed by atoms with Crippen LogP contribution in [0.15, 0.2) is 29.3 Å². The first kappa shape index (κ1) is 14.1. The summed E-state index contributed by atoms with van der Waals surface area (Å²) in [6.45, 7) is 0. The molecule has 0 saturated heterocycles. The Bertz CT molecular complexity index is 649. The quantitative estimate of drug-likeness (QED) is 0.339. The van der Waals surface area contributed by atoms with E-state index in [0.29, 0.717) is 6.21 Å². The molecule has 0 aliphatic heterocycles. The Labute approximate surface area is 109 Å². The predicted octanol–water partition coefficient (Wildman–Crippen LogP) is 4.27. The minimum atomic E-state index is -2.24. The minimum absolute atomic E-state index is 0.0929. The molecule has 0 N–H and O–H groups in total. The lowest BCUT2D eigenvalue weighted by Crippen LogP contribution is -2.06. The van der Waals surface area contributed by atoms with Gasteiger partial charge < -0.3 is 0 Å². The van der Waals surface area contributed by atoms with Gasteiger partial charge in [0.05, 0.1) is 11.3 Å². The van der Waals surface area contributed by atoms with Crippen molar-refractivity contribution in [2.24, 2.45) is 4.99 Å². The summed E-state index contributed by atoms with van der Waals surface area (Å²) in [4.78, 5) is 3.52. The van der Waals surface area contributed by atoms with Crippen LogP contribution >= 0.6 is 0 Å². The second-order valence-electron chi connectivity index (χ2n) is 3.72. The highest BCUT2D eigenvalue weighted by molar-refractivity contribution is 5.82. The average Bonchev–Trinajstić information content (AvgIpc) is 2.45. The van der Waals surface area contributed by atoms with Gasteiger partial charge in [0.2, 0.25) is 5.82 Å². The molecule has 0 radical (unpaired) electrons. The van der Waals surface area contributed by atoms with Crippen molar-refractivity contribution in [1.29, 1.82) is 0 Å². The lowest BCUT2D eigenvalue weighted by atomic mass is 10.2. The Balaban J connectivity index is 2.46. The zero-order chi connectivity index (χ0) is 14.9. The molecule has 0 aliphatic carbocycles. The highest BCUT2D eigenvalue weighted by Gasteiger charge is 2.24. The fourth-order valence-corrected chi connectivity index (χ4v) is 1.40. The monoisotopic (exact) mass is 289 g/mol. The van der Waals surface area contributed by atoms with Crippen LogP contribution < -0.4 is 0 Å². The topological polar surface area (TPSA) is 12.4 Å². The molecule has 0 fully saturated rings. The second-order valence-corrected chi connectivity index (χ2v) is 3.72. The fraction of sp³-hybridized carbons (Fsp3) is 0. The van der Waals surface area contributed by atoms with Crippen LogP contribution in [0.1, 0.15) is 5.56 Å². The lowest BCUT2D eigenvalue weighted by molar-refractivity contribution is 0.377. The molecule has 0 aliphatic rings. The van der Waals surface area contributed by atoms with Gasteiger partial charge in [0.1, 0.15) is 5.82 Å². The first-order chi connectivity index (χ1) is 9.41. The van der Waals surface area contributed by atoms with E-state index in [1.807, 2.05) is 0 Å². The van der Waals surface area contributed by atoms with Crippen molar-refractivity contribution >= 4 is 11.9 Å². The van der Waals surface area contributed by atoms with E-state index in [-0.39, 0.29) is 5.69 Å². The minimum Gasteiger partial charge on any atom is -0.256 e. The molecule has 0 bridgehead atoms. The molecule has 0 atom stereocenters. The summed E-state index contributed by atoms with van der Waals surface area (Å²) in [6, 6.07) is 4.42. The summed E-state index contributed by atoms with van der Waals surface area (Å²) in [5.74, 6) is -10.9. The summed E-state index contributed by atoms with van der Waals surface area (Å²) in [6.07, 6.45) is 0.490. The Morgan fingerprint density at radius 3 is 1.60 bits per heavy atom. The number of halogens is 6. The van der Waals surface area contributed by atoms with E-state index in [1.165, 1.54) is 12.1 Å². The third-order valence-corrected chi connectivity index (χ3v) is 2.41. The Hall–Kier alpha value is -2.31. The van der Waals surface area contributed by atoms with Gasteiger partial charge in [0.15, 0.2) is 23.3 Å². The van der Waals surface area contributed by atoms with Crippen LogP contribution in [-0.4, -0.2) is 6.21 Å². The van der Waals surface area contributed by atoms with Crippen molar-refractivity contribution in [2.75, 3.05) is 0 Å². The van der Waals surface area contributed by atoms with Crippen LogP contribution in [0.2, 0.25) is 0 Å². The van der Waals surface area contributed by atoms with Gasteiger partial charge in [-0.1, -0.05) is 0 Å². The molecule has 0 heterocycles. The van der Waals surface area contributed by atoms with Crippen molar-refractivity contribution in [3.8, 4) is 0 Å². The molecule has 0 spiro atoms. The van der Waals surface area contributed by atoms with E-state index in [4.69, 9.17) is 0 Å². The van der Waals surface area contributed by atoms with Crippen molar-refractivity contribution in [3.05, 3.63) is 64.7 Å². The highest BCUT2D eigenvalue weighted by atomic mass is 19.2. The lowest BCUT2D eigenvalue weighted by Gasteiger charge is -2.03. The van der Waals surface area contributed by atoms with Gasteiger partial charge in [0.25, 0.3) is 0 Å². The maximum Gasteiger partial charge on any atom is 0.200 e. The maximum atomic E-state index is 13.3. The first-order valence-corrected chi connectivity index (χ1v) is 5.23.